The van der Waals surface area contributed by atoms with Crippen molar-refractivity contribution in [3.8, 4) is 0 Å². The molecule has 0 aromatic heterocycles. The number of carbonyl (C=O) groups excluding carboxylic acids is 1. The van der Waals surface area contributed by atoms with E-state index in [2.05, 4.69) is 13.8 Å². The molecule has 0 aromatic rings. The maximum Gasteiger partial charge on any atom is 0.133 e. The van der Waals surface area contributed by atoms with Crippen molar-refractivity contribution < 1.29 is 4.79 Å². The van der Waals surface area contributed by atoms with Gasteiger partial charge in [-0.15, -0.1) is 0 Å². The first kappa shape index (κ1) is 12.4. The topological polar surface area (TPSA) is 17.1 Å². The highest BCUT2D eigenvalue weighted by atomic mass is 16.1. The molecule has 4 aliphatic rings. The van der Waals surface area contributed by atoms with E-state index in [1.165, 1.54) is 44.9 Å². The number of carbonyl (C=O) groups is 1. The monoisotopic (exact) mass is 260 g/mol. The van der Waals surface area contributed by atoms with Crippen molar-refractivity contribution in [3.63, 3.8) is 0 Å². The molecule has 0 radical (unpaired) electrons. The first-order valence-electron chi connectivity index (χ1n) is 8.55. The van der Waals surface area contributed by atoms with Crippen LogP contribution in [0.4, 0.5) is 0 Å². The highest BCUT2D eigenvalue weighted by Crippen LogP contribution is 2.66. The van der Waals surface area contributed by atoms with E-state index < -0.39 is 0 Å². The predicted octanol–water partition coefficient (Wildman–Crippen LogP) is 4.60. The smallest absolute Gasteiger partial charge is 0.133 e. The first-order chi connectivity index (χ1) is 9.03. The van der Waals surface area contributed by atoms with E-state index in [4.69, 9.17) is 0 Å². The molecular formula is C18H28O. The van der Waals surface area contributed by atoms with E-state index >= 15 is 0 Å². The molecule has 0 N–H and O–H groups in total. The van der Waals surface area contributed by atoms with Crippen LogP contribution < -0.4 is 0 Å². The van der Waals surface area contributed by atoms with Gasteiger partial charge >= 0.3 is 0 Å². The molecule has 0 spiro atoms. The summed E-state index contributed by atoms with van der Waals surface area (Å²) in [6.45, 7) is 5.03. The molecule has 4 fully saturated rings. The van der Waals surface area contributed by atoms with E-state index in [-0.39, 0.29) is 0 Å². The maximum absolute atomic E-state index is 12.0. The van der Waals surface area contributed by atoms with Gasteiger partial charge in [-0.05, 0) is 73.0 Å². The Morgan fingerprint density at radius 1 is 1.00 bits per heavy atom. The molecule has 0 heterocycles. The first-order valence-corrected chi connectivity index (χ1v) is 8.55. The van der Waals surface area contributed by atoms with Crippen molar-refractivity contribution in [1.82, 2.24) is 0 Å². The van der Waals surface area contributed by atoms with Crippen LogP contribution in [0.15, 0.2) is 0 Å². The lowest BCUT2D eigenvalue weighted by atomic mass is 9.48. The zero-order valence-electron chi connectivity index (χ0n) is 12.6. The number of fused-ring (bicyclic) bond motifs is 5. The van der Waals surface area contributed by atoms with Crippen LogP contribution in [-0.4, -0.2) is 5.78 Å². The molecular weight excluding hydrogens is 232 g/mol. The van der Waals surface area contributed by atoms with Crippen LogP contribution in [-0.2, 0) is 4.79 Å². The molecule has 0 aliphatic heterocycles. The molecule has 0 bridgehead atoms. The SMILES string of the molecule is C[C@]12CCC[C@@H]1[C@@H]1CC[C@H]3CC(=O)C[C@]3(C)[C@@H]1CC2. The third-order valence-electron chi connectivity index (χ3n) is 7.90. The van der Waals surface area contributed by atoms with Crippen LogP contribution in [0.2, 0.25) is 0 Å². The molecule has 4 aliphatic carbocycles. The Kier molecular flexibility index (Phi) is 2.52. The summed E-state index contributed by atoms with van der Waals surface area (Å²) in [7, 11) is 0. The van der Waals surface area contributed by atoms with E-state index in [1.807, 2.05) is 0 Å². The van der Waals surface area contributed by atoms with E-state index in [9.17, 15) is 4.79 Å². The lowest BCUT2D eigenvalue weighted by Crippen LogP contribution is -2.49. The van der Waals surface area contributed by atoms with Crippen LogP contribution in [0, 0.1) is 34.5 Å². The summed E-state index contributed by atoms with van der Waals surface area (Å²) in [5.74, 6) is 4.10. The second-order valence-electron chi connectivity index (χ2n) is 8.66. The minimum Gasteiger partial charge on any atom is -0.300 e. The Morgan fingerprint density at radius 3 is 2.68 bits per heavy atom. The normalized spacial score (nSPS) is 56.6. The van der Waals surface area contributed by atoms with Gasteiger partial charge in [-0.3, -0.25) is 4.79 Å². The number of ketones is 1. The summed E-state index contributed by atoms with van der Waals surface area (Å²) in [6.07, 6.45) is 11.8. The largest absolute Gasteiger partial charge is 0.300 e. The van der Waals surface area contributed by atoms with Gasteiger partial charge in [-0.25, -0.2) is 0 Å². The van der Waals surface area contributed by atoms with Crippen molar-refractivity contribution in [2.75, 3.05) is 0 Å². The fourth-order valence-electron chi connectivity index (χ4n) is 6.91. The lowest BCUT2D eigenvalue weighted by molar-refractivity contribution is -0.118. The molecule has 0 unspecified atom stereocenters. The average molecular weight is 260 g/mol. The van der Waals surface area contributed by atoms with E-state index in [0.717, 1.165) is 36.5 Å². The van der Waals surface area contributed by atoms with Gasteiger partial charge in [0.25, 0.3) is 0 Å². The zero-order valence-corrected chi connectivity index (χ0v) is 12.6. The van der Waals surface area contributed by atoms with Crippen molar-refractivity contribution in [2.45, 2.75) is 71.6 Å². The Morgan fingerprint density at radius 2 is 1.84 bits per heavy atom. The van der Waals surface area contributed by atoms with Crippen LogP contribution in [0.5, 0.6) is 0 Å². The number of rotatable bonds is 0. The Labute approximate surface area is 117 Å². The van der Waals surface area contributed by atoms with Gasteiger partial charge in [0.1, 0.15) is 5.78 Å². The van der Waals surface area contributed by atoms with Crippen LogP contribution in [0.25, 0.3) is 0 Å². The van der Waals surface area contributed by atoms with E-state index in [1.54, 1.807) is 0 Å². The quantitative estimate of drug-likeness (QED) is 0.622. The molecule has 0 aromatic carbocycles. The molecule has 0 amide bonds. The van der Waals surface area contributed by atoms with Crippen molar-refractivity contribution >= 4 is 5.78 Å². The van der Waals surface area contributed by atoms with Crippen LogP contribution >= 0.6 is 0 Å². The van der Waals surface area contributed by atoms with Crippen molar-refractivity contribution in [3.05, 3.63) is 0 Å². The summed E-state index contributed by atoms with van der Waals surface area (Å²) in [5, 5.41) is 0. The summed E-state index contributed by atoms with van der Waals surface area (Å²) < 4.78 is 0. The van der Waals surface area contributed by atoms with Gasteiger partial charge in [-0.1, -0.05) is 20.3 Å². The van der Waals surface area contributed by atoms with Crippen molar-refractivity contribution in [1.29, 1.82) is 0 Å². The lowest BCUT2D eigenvalue weighted by Gasteiger charge is -2.56. The zero-order chi connectivity index (χ0) is 13.3. The Hall–Kier alpha value is -0.330. The molecule has 0 saturated heterocycles. The molecule has 4 rings (SSSR count). The average Bonchev–Trinajstić information content (AvgIpc) is 2.87. The van der Waals surface area contributed by atoms with Gasteiger partial charge in [0.15, 0.2) is 0 Å². The Balaban J connectivity index is 1.67. The number of hydrogen-bond acceptors (Lipinski definition) is 1. The van der Waals surface area contributed by atoms with Gasteiger partial charge in [0, 0.05) is 12.8 Å². The summed E-state index contributed by atoms with van der Waals surface area (Å²) in [5.41, 5.74) is 1.04. The third-order valence-corrected chi connectivity index (χ3v) is 7.90. The summed E-state index contributed by atoms with van der Waals surface area (Å²) in [4.78, 5) is 12.0. The van der Waals surface area contributed by atoms with Gasteiger partial charge in [0.2, 0.25) is 0 Å². The fourth-order valence-corrected chi connectivity index (χ4v) is 6.91. The Bertz CT molecular complexity index is 414. The summed E-state index contributed by atoms with van der Waals surface area (Å²) >= 11 is 0. The van der Waals surface area contributed by atoms with E-state index in [0.29, 0.717) is 16.6 Å². The summed E-state index contributed by atoms with van der Waals surface area (Å²) in [6, 6.07) is 0. The number of Topliss-reactive ketones (excluding diaryl/α,β-unsaturated/α-hetero) is 1. The fraction of sp³-hybridized carbons (Fsp3) is 0.944. The molecule has 1 nitrogen and oxygen atoms in total. The second kappa shape index (κ2) is 3.86. The molecule has 4 saturated carbocycles. The maximum atomic E-state index is 12.0. The highest BCUT2D eigenvalue weighted by molar-refractivity contribution is 5.82. The van der Waals surface area contributed by atoms with Crippen LogP contribution in [0.1, 0.15) is 71.6 Å². The van der Waals surface area contributed by atoms with Crippen LogP contribution in [0.3, 0.4) is 0 Å². The van der Waals surface area contributed by atoms with Gasteiger partial charge < -0.3 is 0 Å². The van der Waals surface area contributed by atoms with Gasteiger partial charge in [0.05, 0.1) is 0 Å². The third kappa shape index (κ3) is 1.56. The minimum atomic E-state index is 0.379. The molecule has 1 heteroatoms. The molecule has 6 atom stereocenters. The standard InChI is InChI=1S/C18H28O/c1-17-8-3-4-15(17)14-6-5-12-10-13(19)11-18(12,2)16(14)7-9-17/h12,14-16H,3-11H2,1-2H3/t12-,14-,15+,16+,17+,18-/m0/s1. The number of hydrogen-bond donors (Lipinski definition) is 0. The highest BCUT2D eigenvalue weighted by Gasteiger charge is 2.59. The van der Waals surface area contributed by atoms with Crippen molar-refractivity contribution in [2.24, 2.45) is 34.5 Å². The molecule has 19 heavy (non-hydrogen) atoms. The molecule has 106 valence electrons. The second-order valence-corrected chi connectivity index (χ2v) is 8.66. The van der Waals surface area contributed by atoms with Gasteiger partial charge in [-0.2, -0.15) is 0 Å². The minimum absolute atomic E-state index is 0.379. The predicted molar refractivity (Wildman–Crippen MR) is 76.7 cm³/mol.